The Kier molecular flexibility index (Phi) is 4.14. The van der Waals surface area contributed by atoms with E-state index in [1.54, 1.807) is 11.2 Å². The maximum absolute atomic E-state index is 6.31. The molecule has 0 radical (unpaired) electrons. The number of rotatable bonds is 3. The summed E-state index contributed by atoms with van der Waals surface area (Å²) in [6, 6.07) is 19.8. The van der Waals surface area contributed by atoms with Gasteiger partial charge in [-0.25, -0.2) is 10.8 Å². The number of pyridine rings is 1. The molecule has 0 fully saturated rings. The molecule has 1 aliphatic rings. The SMILES string of the molecule is NN(c1ccccn1)C1C=c2ccc(-c3ccccc3Cl)cc2=CN1. The highest BCUT2D eigenvalue weighted by molar-refractivity contribution is 6.33. The van der Waals surface area contributed by atoms with Gasteiger partial charge in [-0.05, 0) is 46.3 Å². The van der Waals surface area contributed by atoms with Crippen LogP contribution in [0.25, 0.3) is 23.4 Å². The molecule has 2 heterocycles. The van der Waals surface area contributed by atoms with Crippen LogP contribution in [0.4, 0.5) is 5.82 Å². The number of nitrogens with zero attached hydrogens (tertiary/aromatic N) is 2. The van der Waals surface area contributed by atoms with Gasteiger partial charge in [-0.15, -0.1) is 0 Å². The third kappa shape index (κ3) is 3.09. The third-order valence-electron chi connectivity index (χ3n) is 4.23. The van der Waals surface area contributed by atoms with Gasteiger partial charge in [0.2, 0.25) is 0 Å². The number of benzene rings is 2. The second-order valence-corrected chi connectivity index (χ2v) is 6.25. The molecule has 0 aliphatic carbocycles. The fourth-order valence-corrected chi connectivity index (χ4v) is 3.16. The smallest absolute Gasteiger partial charge is 0.144 e. The summed E-state index contributed by atoms with van der Waals surface area (Å²) >= 11 is 6.31. The fraction of sp³-hybridized carbons (Fsp3) is 0.0500. The van der Waals surface area contributed by atoms with E-state index >= 15 is 0 Å². The molecule has 4 nitrogen and oxygen atoms in total. The van der Waals surface area contributed by atoms with E-state index in [9.17, 15) is 0 Å². The van der Waals surface area contributed by atoms with Crippen LogP contribution in [-0.2, 0) is 0 Å². The first kappa shape index (κ1) is 15.7. The lowest BCUT2D eigenvalue weighted by atomic mass is 10.0. The average Bonchev–Trinajstić information content (AvgIpc) is 2.68. The van der Waals surface area contributed by atoms with Crippen molar-refractivity contribution in [3.05, 3.63) is 82.3 Å². The van der Waals surface area contributed by atoms with E-state index in [0.29, 0.717) is 5.82 Å². The van der Waals surface area contributed by atoms with Gasteiger partial charge in [0.05, 0.1) is 0 Å². The summed E-state index contributed by atoms with van der Waals surface area (Å²) in [5.41, 5.74) is 2.11. The fourth-order valence-electron chi connectivity index (χ4n) is 2.92. The van der Waals surface area contributed by atoms with E-state index in [-0.39, 0.29) is 6.17 Å². The van der Waals surface area contributed by atoms with Crippen LogP contribution in [0, 0.1) is 0 Å². The molecule has 0 saturated heterocycles. The van der Waals surface area contributed by atoms with Crippen LogP contribution in [0.1, 0.15) is 0 Å². The number of aromatic nitrogens is 1. The number of anilines is 1. The van der Waals surface area contributed by atoms with Gasteiger partial charge < -0.3 is 5.32 Å². The Balaban J connectivity index is 1.69. The first-order valence-electron chi connectivity index (χ1n) is 8.00. The Morgan fingerprint density at radius 1 is 1.00 bits per heavy atom. The Labute approximate surface area is 150 Å². The number of nitrogens with two attached hydrogens (primary N) is 1. The van der Waals surface area contributed by atoms with Gasteiger partial charge in [0, 0.05) is 23.0 Å². The number of fused-ring (bicyclic) bond motifs is 1. The standard InChI is InChI=1S/C20H17ClN4/c21-18-6-2-1-5-17(18)15-9-8-14-12-20(24-13-16(14)11-15)25(22)19-7-3-4-10-23-19/h1-13,20,24H,22H2. The van der Waals surface area contributed by atoms with Crippen molar-refractivity contribution in [2.24, 2.45) is 5.84 Å². The molecule has 1 unspecified atom stereocenters. The molecule has 5 heteroatoms. The predicted molar refractivity (Wildman–Crippen MR) is 103 cm³/mol. The van der Waals surface area contributed by atoms with Crippen LogP contribution in [0.3, 0.4) is 0 Å². The van der Waals surface area contributed by atoms with Crippen molar-refractivity contribution in [1.82, 2.24) is 10.3 Å². The van der Waals surface area contributed by atoms with Gasteiger partial charge in [0.25, 0.3) is 0 Å². The highest BCUT2D eigenvalue weighted by atomic mass is 35.5. The van der Waals surface area contributed by atoms with Crippen molar-refractivity contribution in [3.63, 3.8) is 0 Å². The Hall–Kier alpha value is -2.82. The summed E-state index contributed by atoms with van der Waals surface area (Å²) < 4.78 is 0. The van der Waals surface area contributed by atoms with E-state index < -0.39 is 0 Å². The van der Waals surface area contributed by atoms with Crippen molar-refractivity contribution < 1.29 is 0 Å². The molecule has 2 aromatic carbocycles. The first-order chi connectivity index (χ1) is 12.2. The van der Waals surface area contributed by atoms with Crippen molar-refractivity contribution in [3.8, 4) is 11.1 Å². The third-order valence-corrected chi connectivity index (χ3v) is 4.56. The molecular formula is C20H17ClN4. The zero-order valence-electron chi connectivity index (χ0n) is 13.4. The van der Waals surface area contributed by atoms with E-state index in [4.69, 9.17) is 17.4 Å². The lowest BCUT2D eigenvalue weighted by molar-refractivity contribution is 0.683. The molecular weight excluding hydrogens is 332 g/mol. The van der Waals surface area contributed by atoms with E-state index in [1.165, 1.54) is 0 Å². The number of hydrogen-bond donors (Lipinski definition) is 2. The monoisotopic (exact) mass is 348 g/mol. The Morgan fingerprint density at radius 2 is 1.84 bits per heavy atom. The van der Waals surface area contributed by atoms with Crippen LogP contribution in [0.2, 0.25) is 5.02 Å². The van der Waals surface area contributed by atoms with Crippen molar-refractivity contribution >= 4 is 29.7 Å². The molecule has 1 aromatic heterocycles. The van der Waals surface area contributed by atoms with Crippen molar-refractivity contribution in [2.75, 3.05) is 5.01 Å². The largest absolute Gasteiger partial charge is 0.366 e. The highest BCUT2D eigenvalue weighted by Crippen LogP contribution is 2.25. The van der Waals surface area contributed by atoms with Gasteiger partial charge >= 0.3 is 0 Å². The average molecular weight is 349 g/mol. The lowest BCUT2D eigenvalue weighted by Gasteiger charge is -2.27. The van der Waals surface area contributed by atoms with Crippen LogP contribution >= 0.6 is 11.6 Å². The Morgan fingerprint density at radius 3 is 2.64 bits per heavy atom. The number of hydrazine groups is 1. The van der Waals surface area contributed by atoms with E-state index in [1.807, 2.05) is 48.7 Å². The van der Waals surface area contributed by atoms with Gasteiger partial charge in [0.1, 0.15) is 12.0 Å². The molecule has 0 spiro atoms. The molecule has 0 amide bonds. The minimum atomic E-state index is -0.159. The molecule has 4 rings (SSSR count). The van der Waals surface area contributed by atoms with Gasteiger partial charge in [-0.1, -0.05) is 48.0 Å². The molecule has 1 atom stereocenters. The van der Waals surface area contributed by atoms with Crippen LogP contribution in [-0.4, -0.2) is 11.1 Å². The van der Waals surface area contributed by atoms with E-state index in [2.05, 4.69) is 34.6 Å². The summed E-state index contributed by atoms with van der Waals surface area (Å²) in [5.74, 6) is 6.92. The van der Waals surface area contributed by atoms with E-state index in [0.717, 1.165) is 26.6 Å². The maximum atomic E-state index is 6.31. The summed E-state index contributed by atoms with van der Waals surface area (Å²) in [5, 5.41) is 7.89. The van der Waals surface area contributed by atoms with Gasteiger partial charge in [0.15, 0.2) is 0 Å². The zero-order valence-corrected chi connectivity index (χ0v) is 14.2. The number of hydrogen-bond acceptors (Lipinski definition) is 4. The second kappa shape index (κ2) is 6.59. The molecule has 124 valence electrons. The second-order valence-electron chi connectivity index (χ2n) is 5.84. The lowest BCUT2D eigenvalue weighted by Crippen LogP contribution is -2.52. The minimum Gasteiger partial charge on any atom is -0.366 e. The maximum Gasteiger partial charge on any atom is 0.144 e. The quantitative estimate of drug-likeness (QED) is 0.563. The number of halogens is 1. The summed E-state index contributed by atoms with van der Waals surface area (Å²) in [6.07, 6.45) is 5.63. The Bertz CT molecular complexity index is 1020. The van der Waals surface area contributed by atoms with Crippen molar-refractivity contribution in [1.29, 1.82) is 0 Å². The predicted octanol–water partition coefficient (Wildman–Crippen LogP) is 2.23. The van der Waals surface area contributed by atoms with Crippen LogP contribution in [0.5, 0.6) is 0 Å². The zero-order chi connectivity index (χ0) is 17.2. The minimum absolute atomic E-state index is 0.159. The molecule has 0 bridgehead atoms. The first-order valence-corrected chi connectivity index (χ1v) is 8.38. The summed E-state index contributed by atoms with van der Waals surface area (Å²) in [6.45, 7) is 0. The topological polar surface area (TPSA) is 54.2 Å². The van der Waals surface area contributed by atoms with Crippen molar-refractivity contribution in [2.45, 2.75) is 6.17 Å². The molecule has 3 aromatic rings. The normalized spacial score (nSPS) is 15.4. The summed E-state index contributed by atoms with van der Waals surface area (Å²) in [4.78, 5) is 4.29. The summed E-state index contributed by atoms with van der Waals surface area (Å²) in [7, 11) is 0. The molecule has 0 saturated carbocycles. The van der Waals surface area contributed by atoms with Crippen LogP contribution < -0.4 is 26.6 Å². The number of nitrogens with one attached hydrogen (secondary N) is 1. The van der Waals surface area contributed by atoms with Crippen LogP contribution in [0.15, 0.2) is 66.9 Å². The molecule has 3 N–H and O–H groups in total. The molecule has 1 aliphatic heterocycles. The highest BCUT2D eigenvalue weighted by Gasteiger charge is 2.15. The van der Waals surface area contributed by atoms with Gasteiger partial charge in [-0.3, -0.25) is 5.01 Å². The van der Waals surface area contributed by atoms with Gasteiger partial charge in [-0.2, -0.15) is 0 Å². The molecule has 25 heavy (non-hydrogen) atoms.